The highest BCUT2D eigenvalue weighted by Crippen LogP contribution is 2.63. The maximum atomic E-state index is 13.3. The normalized spacial score (nSPS) is 27.4. The first-order valence-corrected chi connectivity index (χ1v) is 9.91. The van der Waals surface area contributed by atoms with E-state index in [2.05, 4.69) is 60.4 Å². The second kappa shape index (κ2) is 6.66. The van der Waals surface area contributed by atoms with Crippen molar-refractivity contribution in [2.24, 2.45) is 10.8 Å². The second-order valence-corrected chi connectivity index (χ2v) is 8.44. The molecule has 2 unspecified atom stereocenters. The van der Waals surface area contributed by atoms with Crippen molar-refractivity contribution in [1.29, 1.82) is 0 Å². The third kappa shape index (κ3) is 3.33. The number of aliphatic carboxylic acids is 1. The summed E-state index contributed by atoms with van der Waals surface area (Å²) in [5, 5.41) is 8.73. The monoisotopic (exact) mass is 365 g/mol. The molecule has 3 aliphatic rings. The molecule has 0 amide bonds. The highest BCUT2D eigenvalue weighted by atomic mass is 16.4. The van der Waals surface area contributed by atoms with E-state index in [4.69, 9.17) is 5.11 Å². The van der Waals surface area contributed by atoms with Gasteiger partial charge in [0, 0.05) is 29.5 Å². The van der Waals surface area contributed by atoms with Crippen molar-refractivity contribution in [3.63, 3.8) is 0 Å². The number of rotatable bonds is 8. The Morgan fingerprint density at radius 2 is 1.93 bits per heavy atom. The molecule has 27 heavy (non-hydrogen) atoms. The number of allylic oxidation sites excluding steroid dienone is 4. The molecule has 0 aromatic heterocycles. The minimum atomic E-state index is -0.747. The molecule has 142 valence electrons. The van der Waals surface area contributed by atoms with Crippen LogP contribution in [-0.4, -0.2) is 29.4 Å². The Labute approximate surface area is 160 Å². The first kappa shape index (κ1) is 18.0. The Hall–Kier alpha value is -2.36. The minimum Gasteiger partial charge on any atom is -0.481 e. The molecule has 2 fully saturated rings. The van der Waals surface area contributed by atoms with Gasteiger partial charge >= 0.3 is 5.97 Å². The fraction of sp³-hybridized carbons (Fsp3) is 0.478. The summed E-state index contributed by atoms with van der Waals surface area (Å²) < 4.78 is 0. The summed E-state index contributed by atoms with van der Waals surface area (Å²) in [6, 6.07) is 8.25. The Morgan fingerprint density at radius 3 is 2.52 bits per heavy atom. The molecule has 1 aliphatic heterocycles. The van der Waals surface area contributed by atoms with Crippen molar-refractivity contribution < 1.29 is 14.7 Å². The number of anilines is 1. The van der Waals surface area contributed by atoms with Crippen LogP contribution in [0.15, 0.2) is 48.6 Å². The number of hydrogen-bond donors (Lipinski definition) is 1. The zero-order chi connectivity index (χ0) is 19.1. The molecule has 4 nitrogen and oxygen atoms in total. The summed E-state index contributed by atoms with van der Waals surface area (Å²) in [5.41, 5.74) is 2.02. The average Bonchev–Trinajstić information content (AvgIpc) is 3.55. The lowest BCUT2D eigenvalue weighted by Gasteiger charge is -2.35. The largest absolute Gasteiger partial charge is 0.481 e. The van der Waals surface area contributed by atoms with Crippen molar-refractivity contribution in [3.05, 3.63) is 54.1 Å². The zero-order valence-electron chi connectivity index (χ0n) is 15.9. The summed E-state index contributed by atoms with van der Waals surface area (Å²) in [7, 11) is 0. The van der Waals surface area contributed by atoms with Crippen LogP contribution in [0.1, 0.15) is 44.6 Å². The molecule has 4 rings (SSSR count). The maximum Gasteiger partial charge on any atom is 0.303 e. The molecule has 1 saturated heterocycles. The number of carbonyl (C=O) groups is 2. The Kier molecular flexibility index (Phi) is 4.45. The van der Waals surface area contributed by atoms with Gasteiger partial charge in [-0.05, 0) is 49.8 Å². The molecular formula is C23H27NO3. The van der Waals surface area contributed by atoms with Crippen LogP contribution >= 0.6 is 0 Å². The van der Waals surface area contributed by atoms with Gasteiger partial charge in [-0.1, -0.05) is 43.4 Å². The lowest BCUT2D eigenvalue weighted by atomic mass is 9.67. The van der Waals surface area contributed by atoms with Gasteiger partial charge in [0.15, 0.2) is 5.78 Å². The zero-order valence-corrected chi connectivity index (χ0v) is 15.9. The van der Waals surface area contributed by atoms with E-state index in [0.717, 1.165) is 43.5 Å². The van der Waals surface area contributed by atoms with Crippen LogP contribution in [0.25, 0.3) is 0 Å². The van der Waals surface area contributed by atoms with Gasteiger partial charge in [0.1, 0.15) is 6.04 Å². The van der Waals surface area contributed by atoms with Crippen LogP contribution in [0.3, 0.4) is 0 Å². The first-order valence-electron chi connectivity index (χ1n) is 9.91. The van der Waals surface area contributed by atoms with Gasteiger partial charge in [0.2, 0.25) is 0 Å². The van der Waals surface area contributed by atoms with Crippen LogP contribution in [0.5, 0.6) is 0 Å². The number of aryl methyl sites for hydroxylation is 1. The standard InChI is InChI=1S/C23H27NO3/c1-22(12-3-2-4-13-22)23(14-15-23)21(27)19-16-24(19)18-10-8-17(9-11-18)6-5-7-20(25)26/h2-4,8-12,19H,5-7,13-16H2,1H3,(H,25,26). The van der Waals surface area contributed by atoms with Crippen molar-refractivity contribution in [1.82, 2.24) is 0 Å². The van der Waals surface area contributed by atoms with E-state index >= 15 is 0 Å². The van der Waals surface area contributed by atoms with Crippen LogP contribution in [-0.2, 0) is 16.0 Å². The number of nitrogens with zero attached hydrogens (tertiary/aromatic N) is 1. The van der Waals surface area contributed by atoms with Crippen LogP contribution in [0.2, 0.25) is 0 Å². The van der Waals surface area contributed by atoms with E-state index in [0.29, 0.717) is 12.2 Å². The Balaban J connectivity index is 1.38. The SMILES string of the molecule is CC1(C2(C(=O)C3CN3c3ccc(CCCC(=O)O)cc3)CC2)C=CC=CC1. The molecule has 1 aromatic rings. The Bertz CT molecular complexity index is 803. The lowest BCUT2D eigenvalue weighted by molar-refractivity contribution is -0.137. The number of carbonyl (C=O) groups excluding carboxylic acids is 1. The highest BCUT2D eigenvalue weighted by molar-refractivity contribution is 5.99. The summed E-state index contributed by atoms with van der Waals surface area (Å²) in [6.07, 6.45) is 13.2. The van der Waals surface area contributed by atoms with Gasteiger partial charge in [0.05, 0.1) is 0 Å². The molecule has 1 saturated carbocycles. The van der Waals surface area contributed by atoms with E-state index in [1.54, 1.807) is 0 Å². The first-order chi connectivity index (χ1) is 13.0. The third-order valence-corrected chi connectivity index (χ3v) is 6.61. The third-order valence-electron chi connectivity index (χ3n) is 6.61. The Morgan fingerprint density at radius 1 is 1.19 bits per heavy atom. The summed E-state index contributed by atoms with van der Waals surface area (Å²) >= 11 is 0. The topological polar surface area (TPSA) is 57.4 Å². The van der Waals surface area contributed by atoms with Crippen molar-refractivity contribution in [3.8, 4) is 0 Å². The van der Waals surface area contributed by atoms with Crippen molar-refractivity contribution in [2.75, 3.05) is 11.4 Å². The summed E-state index contributed by atoms with van der Waals surface area (Å²) in [5.74, 6) is -0.335. The van der Waals surface area contributed by atoms with Crippen molar-refractivity contribution >= 4 is 17.4 Å². The minimum absolute atomic E-state index is 0.0153. The van der Waals surface area contributed by atoms with Crippen LogP contribution in [0.4, 0.5) is 5.69 Å². The van der Waals surface area contributed by atoms with Gasteiger partial charge in [-0.25, -0.2) is 0 Å². The van der Waals surface area contributed by atoms with Crippen molar-refractivity contribution in [2.45, 2.75) is 51.5 Å². The maximum absolute atomic E-state index is 13.3. The molecular weight excluding hydrogens is 338 g/mol. The molecule has 4 heteroatoms. The second-order valence-electron chi connectivity index (χ2n) is 8.44. The number of carboxylic acid groups (broad SMARTS) is 1. The fourth-order valence-electron chi connectivity index (χ4n) is 4.57. The predicted molar refractivity (Wildman–Crippen MR) is 106 cm³/mol. The van der Waals surface area contributed by atoms with E-state index in [1.807, 2.05) is 0 Å². The van der Waals surface area contributed by atoms with Gasteiger partial charge in [-0.3, -0.25) is 9.59 Å². The summed E-state index contributed by atoms with van der Waals surface area (Å²) in [4.78, 5) is 26.1. The fourth-order valence-corrected chi connectivity index (χ4v) is 4.57. The average molecular weight is 365 g/mol. The van der Waals surface area contributed by atoms with Gasteiger partial charge in [0.25, 0.3) is 0 Å². The van der Waals surface area contributed by atoms with E-state index in [9.17, 15) is 9.59 Å². The van der Waals surface area contributed by atoms with E-state index in [-0.39, 0.29) is 23.3 Å². The van der Waals surface area contributed by atoms with Gasteiger partial charge in [-0.2, -0.15) is 0 Å². The van der Waals surface area contributed by atoms with Crippen LogP contribution < -0.4 is 4.90 Å². The van der Waals surface area contributed by atoms with Gasteiger partial charge < -0.3 is 10.0 Å². The molecule has 2 aliphatic carbocycles. The number of ketones is 1. The molecule has 1 N–H and O–H groups in total. The number of hydrogen-bond acceptors (Lipinski definition) is 3. The quantitative estimate of drug-likeness (QED) is 0.703. The molecule has 1 aromatic carbocycles. The number of benzene rings is 1. The van der Waals surface area contributed by atoms with Gasteiger partial charge in [-0.15, -0.1) is 0 Å². The number of carboxylic acids is 1. The molecule has 0 spiro atoms. The molecule has 0 bridgehead atoms. The summed E-state index contributed by atoms with van der Waals surface area (Å²) in [6.45, 7) is 3.05. The smallest absolute Gasteiger partial charge is 0.303 e. The molecule has 0 radical (unpaired) electrons. The van der Waals surface area contributed by atoms with E-state index in [1.165, 1.54) is 0 Å². The van der Waals surface area contributed by atoms with Crippen LogP contribution in [0, 0.1) is 10.8 Å². The van der Waals surface area contributed by atoms with E-state index < -0.39 is 5.97 Å². The highest BCUT2D eigenvalue weighted by Gasteiger charge is 2.64. The number of Topliss-reactive ketones (excluding diaryl/α,β-unsaturated/α-hetero) is 1. The molecule has 1 heterocycles. The predicted octanol–water partition coefficient (Wildman–Crippen LogP) is 4.15. The molecule has 2 atom stereocenters. The lowest BCUT2D eigenvalue weighted by Crippen LogP contribution is -2.38.